The molecule has 0 atom stereocenters. The largest absolute Gasteiger partial charge is 0.367 e. The van der Waals surface area contributed by atoms with Crippen molar-refractivity contribution < 1.29 is 0 Å². The van der Waals surface area contributed by atoms with Crippen molar-refractivity contribution >= 4 is 21.6 Å². The van der Waals surface area contributed by atoms with Crippen molar-refractivity contribution in [2.75, 3.05) is 5.32 Å². The standard InChI is InChI=1S/C11H13BrN2/c1-8-4-5-10(9(12)6-8)14-11(2,3)7-13/h4-6,14H,1-3H3. The Bertz CT molecular complexity index is 377. The minimum atomic E-state index is -0.544. The number of rotatable bonds is 2. The molecule has 74 valence electrons. The third-order valence-corrected chi connectivity index (χ3v) is 2.51. The van der Waals surface area contributed by atoms with Crippen LogP contribution in [0.1, 0.15) is 19.4 Å². The normalized spacial score (nSPS) is 10.8. The minimum Gasteiger partial charge on any atom is -0.367 e. The number of anilines is 1. The van der Waals surface area contributed by atoms with Gasteiger partial charge in [0.2, 0.25) is 0 Å². The average molecular weight is 253 g/mol. The molecule has 0 aliphatic heterocycles. The lowest BCUT2D eigenvalue weighted by Gasteiger charge is -2.20. The van der Waals surface area contributed by atoms with E-state index in [0.29, 0.717) is 0 Å². The van der Waals surface area contributed by atoms with Crippen molar-refractivity contribution in [3.05, 3.63) is 28.2 Å². The molecule has 1 aromatic rings. The first-order valence-corrected chi connectivity index (χ1v) is 5.19. The van der Waals surface area contributed by atoms with Crippen LogP contribution < -0.4 is 5.32 Å². The fourth-order valence-electron chi connectivity index (χ4n) is 1.09. The topological polar surface area (TPSA) is 35.8 Å². The Morgan fingerprint density at radius 1 is 1.43 bits per heavy atom. The van der Waals surface area contributed by atoms with Crippen LogP contribution in [-0.4, -0.2) is 5.54 Å². The molecule has 0 heterocycles. The Balaban J connectivity index is 2.94. The van der Waals surface area contributed by atoms with Crippen molar-refractivity contribution in [2.24, 2.45) is 0 Å². The van der Waals surface area contributed by atoms with Gasteiger partial charge < -0.3 is 5.32 Å². The Kier molecular flexibility index (Phi) is 3.17. The van der Waals surface area contributed by atoms with Crippen molar-refractivity contribution in [1.29, 1.82) is 5.26 Å². The van der Waals surface area contributed by atoms with Crippen molar-refractivity contribution in [1.82, 2.24) is 0 Å². The predicted molar refractivity (Wildman–Crippen MR) is 62.2 cm³/mol. The van der Waals surface area contributed by atoms with E-state index in [4.69, 9.17) is 5.26 Å². The van der Waals surface area contributed by atoms with Gasteiger partial charge in [-0.05, 0) is 54.4 Å². The van der Waals surface area contributed by atoms with Crippen LogP contribution in [0.4, 0.5) is 5.69 Å². The molecule has 0 unspecified atom stereocenters. The molecule has 0 bridgehead atoms. The lowest BCUT2D eigenvalue weighted by molar-refractivity contribution is 0.728. The summed E-state index contributed by atoms with van der Waals surface area (Å²) >= 11 is 3.46. The van der Waals surface area contributed by atoms with Gasteiger partial charge in [0.25, 0.3) is 0 Å². The highest BCUT2D eigenvalue weighted by atomic mass is 79.9. The zero-order chi connectivity index (χ0) is 10.8. The summed E-state index contributed by atoms with van der Waals surface area (Å²) in [6.45, 7) is 5.72. The number of nitrogens with one attached hydrogen (secondary N) is 1. The van der Waals surface area contributed by atoms with Gasteiger partial charge in [0.05, 0.1) is 6.07 Å². The quantitative estimate of drug-likeness (QED) is 0.875. The van der Waals surface area contributed by atoms with Crippen LogP contribution in [0.3, 0.4) is 0 Å². The molecule has 0 amide bonds. The van der Waals surface area contributed by atoms with Gasteiger partial charge in [-0.3, -0.25) is 0 Å². The third-order valence-electron chi connectivity index (χ3n) is 1.85. The van der Waals surface area contributed by atoms with Gasteiger partial charge in [0, 0.05) is 10.2 Å². The number of aryl methyl sites for hydroxylation is 1. The SMILES string of the molecule is Cc1ccc(NC(C)(C)C#N)c(Br)c1. The van der Waals surface area contributed by atoms with Crippen LogP contribution >= 0.6 is 15.9 Å². The van der Waals surface area contributed by atoms with Crippen molar-refractivity contribution in [3.63, 3.8) is 0 Å². The summed E-state index contributed by atoms with van der Waals surface area (Å²) < 4.78 is 0.987. The first-order valence-electron chi connectivity index (χ1n) is 4.40. The molecule has 0 spiro atoms. The summed E-state index contributed by atoms with van der Waals surface area (Å²) in [5.74, 6) is 0. The average Bonchev–Trinajstić information content (AvgIpc) is 2.10. The van der Waals surface area contributed by atoms with Gasteiger partial charge in [-0.15, -0.1) is 0 Å². The van der Waals surface area contributed by atoms with E-state index in [9.17, 15) is 0 Å². The van der Waals surface area contributed by atoms with Gasteiger partial charge in [0.15, 0.2) is 0 Å². The molecule has 1 N–H and O–H groups in total. The Hall–Kier alpha value is -1.01. The smallest absolute Gasteiger partial charge is 0.119 e. The number of hydrogen-bond acceptors (Lipinski definition) is 2. The first-order chi connectivity index (χ1) is 6.44. The minimum absolute atomic E-state index is 0.544. The molecule has 0 aromatic heterocycles. The van der Waals surface area contributed by atoms with Crippen LogP contribution in [0.15, 0.2) is 22.7 Å². The van der Waals surface area contributed by atoms with Gasteiger partial charge in [-0.1, -0.05) is 6.07 Å². The second kappa shape index (κ2) is 4.02. The highest BCUT2D eigenvalue weighted by Crippen LogP contribution is 2.25. The number of nitrogens with zero attached hydrogens (tertiary/aromatic N) is 1. The fraction of sp³-hybridized carbons (Fsp3) is 0.364. The van der Waals surface area contributed by atoms with E-state index in [1.54, 1.807) is 0 Å². The molecule has 14 heavy (non-hydrogen) atoms. The van der Waals surface area contributed by atoms with E-state index >= 15 is 0 Å². The fourth-order valence-corrected chi connectivity index (χ4v) is 1.68. The summed E-state index contributed by atoms with van der Waals surface area (Å²) in [5.41, 5.74) is 1.59. The Morgan fingerprint density at radius 2 is 2.07 bits per heavy atom. The summed E-state index contributed by atoms with van der Waals surface area (Å²) in [5, 5.41) is 12.0. The molecule has 1 rings (SSSR count). The Morgan fingerprint density at radius 3 is 2.57 bits per heavy atom. The highest BCUT2D eigenvalue weighted by molar-refractivity contribution is 9.10. The van der Waals surface area contributed by atoms with E-state index in [1.165, 1.54) is 5.56 Å². The maximum Gasteiger partial charge on any atom is 0.119 e. The first kappa shape index (κ1) is 11.1. The van der Waals surface area contributed by atoms with E-state index in [0.717, 1.165) is 10.2 Å². The molecule has 0 saturated heterocycles. The third kappa shape index (κ3) is 2.74. The summed E-state index contributed by atoms with van der Waals surface area (Å²) in [6.07, 6.45) is 0. The van der Waals surface area contributed by atoms with Gasteiger partial charge in [-0.2, -0.15) is 5.26 Å². The molecule has 0 radical (unpaired) electrons. The molecular weight excluding hydrogens is 240 g/mol. The number of hydrogen-bond donors (Lipinski definition) is 1. The predicted octanol–water partition coefficient (Wildman–Crippen LogP) is 3.47. The van der Waals surface area contributed by atoms with E-state index < -0.39 is 5.54 Å². The number of halogens is 1. The van der Waals surface area contributed by atoms with E-state index in [2.05, 4.69) is 27.3 Å². The van der Waals surface area contributed by atoms with Crippen LogP contribution in [0.2, 0.25) is 0 Å². The molecule has 0 saturated carbocycles. The van der Waals surface area contributed by atoms with Crippen LogP contribution in [0.5, 0.6) is 0 Å². The molecule has 0 aliphatic carbocycles. The van der Waals surface area contributed by atoms with Gasteiger partial charge in [0.1, 0.15) is 5.54 Å². The van der Waals surface area contributed by atoms with Crippen molar-refractivity contribution in [2.45, 2.75) is 26.3 Å². The maximum absolute atomic E-state index is 8.87. The summed E-state index contributed by atoms with van der Waals surface area (Å²) in [7, 11) is 0. The lowest BCUT2D eigenvalue weighted by Crippen LogP contribution is -2.28. The number of benzene rings is 1. The monoisotopic (exact) mass is 252 g/mol. The molecule has 0 fully saturated rings. The maximum atomic E-state index is 8.87. The van der Waals surface area contributed by atoms with E-state index in [-0.39, 0.29) is 0 Å². The second-order valence-corrected chi connectivity index (χ2v) is 4.70. The zero-order valence-electron chi connectivity index (χ0n) is 8.56. The molecule has 2 nitrogen and oxygen atoms in total. The summed E-state index contributed by atoms with van der Waals surface area (Å²) in [4.78, 5) is 0. The number of nitriles is 1. The van der Waals surface area contributed by atoms with Crippen molar-refractivity contribution in [3.8, 4) is 6.07 Å². The Labute approximate surface area is 93.1 Å². The molecular formula is C11H13BrN2. The second-order valence-electron chi connectivity index (χ2n) is 3.85. The highest BCUT2D eigenvalue weighted by Gasteiger charge is 2.16. The molecule has 0 aliphatic rings. The molecule has 3 heteroatoms. The van der Waals surface area contributed by atoms with E-state index in [1.807, 2.05) is 39.0 Å². The lowest BCUT2D eigenvalue weighted by atomic mass is 10.1. The molecule has 1 aromatic carbocycles. The summed E-state index contributed by atoms with van der Waals surface area (Å²) in [6, 6.07) is 8.21. The van der Waals surface area contributed by atoms with Crippen LogP contribution in [-0.2, 0) is 0 Å². The van der Waals surface area contributed by atoms with Crippen LogP contribution in [0, 0.1) is 18.3 Å². The van der Waals surface area contributed by atoms with Gasteiger partial charge in [-0.25, -0.2) is 0 Å². The van der Waals surface area contributed by atoms with Gasteiger partial charge >= 0.3 is 0 Å². The zero-order valence-corrected chi connectivity index (χ0v) is 10.1. The van der Waals surface area contributed by atoms with Crippen LogP contribution in [0.25, 0.3) is 0 Å².